The highest BCUT2D eigenvalue weighted by atomic mass is 32.1. The van der Waals surface area contributed by atoms with E-state index >= 15 is 0 Å². The van der Waals surface area contributed by atoms with Crippen molar-refractivity contribution in [1.82, 2.24) is 4.98 Å². The van der Waals surface area contributed by atoms with Crippen molar-refractivity contribution in [2.24, 2.45) is 0 Å². The predicted octanol–water partition coefficient (Wildman–Crippen LogP) is 2.34. The first-order valence-electron chi connectivity index (χ1n) is 4.37. The van der Waals surface area contributed by atoms with E-state index in [4.69, 9.17) is 9.52 Å². The smallest absolute Gasteiger partial charge is 0.309 e. The van der Waals surface area contributed by atoms with E-state index in [-0.39, 0.29) is 6.42 Å². The molecule has 4 nitrogen and oxygen atoms in total. The minimum Gasteiger partial charge on any atom is -0.481 e. The SMILES string of the molecule is Cc1sc(-c2ccoc2)nc1CC(=O)O. The maximum Gasteiger partial charge on any atom is 0.309 e. The molecule has 15 heavy (non-hydrogen) atoms. The Morgan fingerprint density at radius 3 is 3.07 bits per heavy atom. The maximum atomic E-state index is 10.6. The molecule has 0 fully saturated rings. The van der Waals surface area contributed by atoms with Crippen LogP contribution >= 0.6 is 11.3 Å². The molecule has 2 aromatic heterocycles. The lowest BCUT2D eigenvalue weighted by atomic mass is 10.3. The van der Waals surface area contributed by atoms with Gasteiger partial charge in [0.15, 0.2) is 0 Å². The van der Waals surface area contributed by atoms with Crippen LogP contribution in [0.25, 0.3) is 10.6 Å². The molecule has 0 aliphatic heterocycles. The largest absolute Gasteiger partial charge is 0.481 e. The summed E-state index contributed by atoms with van der Waals surface area (Å²) in [5, 5.41) is 9.48. The molecule has 0 saturated carbocycles. The standard InChI is InChI=1S/C10H9NO3S/c1-6-8(4-9(12)13)11-10(15-6)7-2-3-14-5-7/h2-3,5H,4H2,1H3,(H,12,13). The van der Waals surface area contributed by atoms with Crippen LogP contribution in [0, 0.1) is 6.92 Å². The lowest BCUT2D eigenvalue weighted by molar-refractivity contribution is -0.136. The number of hydrogen-bond donors (Lipinski definition) is 1. The van der Waals surface area contributed by atoms with E-state index < -0.39 is 5.97 Å². The first kappa shape index (κ1) is 9.92. The van der Waals surface area contributed by atoms with Gasteiger partial charge >= 0.3 is 5.97 Å². The van der Waals surface area contributed by atoms with Gasteiger partial charge in [0.2, 0.25) is 0 Å². The summed E-state index contributed by atoms with van der Waals surface area (Å²) in [6.45, 7) is 1.87. The second-order valence-electron chi connectivity index (χ2n) is 3.10. The molecule has 0 spiro atoms. The quantitative estimate of drug-likeness (QED) is 0.867. The summed E-state index contributed by atoms with van der Waals surface area (Å²) in [7, 11) is 0. The van der Waals surface area contributed by atoms with E-state index in [1.807, 2.05) is 13.0 Å². The summed E-state index contributed by atoms with van der Waals surface area (Å²) in [5.41, 5.74) is 1.52. The third-order valence-electron chi connectivity index (χ3n) is 1.98. The van der Waals surface area contributed by atoms with Gasteiger partial charge < -0.3 is 9.52 Å². The molecule has 0 aliphatic carbocycles. The zero-order valence-electron chi connectivity index (χ0n) is 8.06. The fraction of sp³-hybridized carbons (Fsp3) is 0.200. The van der Waals surface area contributed by atoms with Gasteiger partial charge in [-0.1, -0.05) is 0 Å². The lowest BCUT2D eigenvalue weighted by Gasteiger charge is -1.90. The molecule has 2 rings (SSSR count). The molecule has 78 valence electrons. The van der Waals surface area contributed by atoms with Gasteiger partial charge in [-0.15, -0.1) is 11.3 Å². The van der Waals surface area contributed by atoms with Crippen LogP contribution in [-0.2, 0) is 11.2 Å². The predicted molar refractivity (Wildman–Crippen MR) is 55.9 cm³/mol. The summed E-state index contributed by atoms with van der Waals surface area (Å²) in [6, 6.07) is 1.81. The fourth-order valence-corrected chi connectivity index (χ4v) is 2.16. The molecule has 0 radical (unpaired) electrons. The third-order valence-corrected chi connectivity index (χ3v) is 3.04. The average molecular weight is 223 g/mol. The maximum absolute atomic E-state index is 10.6. The number of aromatic nitrogens is 1. The average Bonchev–Trinajstić information content (AvgIpc) is 2.75. The van der Waals surface area contributed by atoms with Gasteiger partial charge in [0.25, 0.3) is 0 Å². The molecule has 2 heterocycles. The molecule has 2 aromatic rings. The zero-order chi connectivity index (χ0) is 10.8. The van der Waals surface area contributed by atoms with Crippen LogP contribution in [0.3, 0.4) is 0 Å². The number of carbonyl (C=O) groups is 1. The van der Waals surface area contributed by atoms with Gasteiger partial charge in [0.05, 0.1) is 18.4 Å². The Balaban J connectivity index is 2.33. The molecule has 5 heteroatoms. The van der Waals surface area contributed by atoms with Gasteiger partial charge in [0.1, 0.15) is 11.3 Å². The van der Waals surface area contributed by atoms with Gasteiger partial charge in [-0.05, 0) is 13.0 Å². The Kier molecular flexibility index (Phi) is 2.55. The van der Waals surface area contributed by atoms with Crippen LogP contribution in [0.2, 0.25) is 0 Å². The van der Waals surface area contributed by atoms with Crippen molar-refractivity contribution in [3.63, 3.8) is 0 Å². The molecule has 0 amide bonds. The van der Waals surface area contributed by atoms with Gasteiger partial charge in [-0.2, -0.15) is 0 Å². The number of rotatable bonds is 3. The molecule has 0 aliphatic rings. The van der Waals surface area contributed by atoms with Crippen molar-refractivity contribution in [2.75, 3.05) is 0 Å². The van der Waals surface area contributed by atoms with Crippen LogP contribution in [0.5, 0.6) is 0 Å². The molecular weight excluding hydrogens is 214 g/mol. The molecule has 0 bridgehead atoms. The Morgan fingerprint density at radius 2 is 2.47 bits per heavy atom. The Hall–Kier alpha value is -1.62. The van der Waals surface area contributed by atoms with E-state index in [1.165, 1.54) is 11.3 Å². The van der Waals surface area contributed by atoms with Crippen molar-refractivity contribution in [1.29, 1.82) is 0 Å². The number of nitrogens with zero attached hydrogens (tertiary/aromatic N) is 1. The van der Waals surface area contributed by atoms with E-state index in [2.05, 4.69) is 4.98 Å². The van der Waals surface area contributed by atoms with Crippen molar-refractivity contribution < 1.29 is 14.3 Å². The summed E-state index contributed by atoms with van der Waals surface area (Å²) < 4.78 is 4.95. The molecule has 0 saturated heterocycles. The van der Waals surface area contributed by atoms with Crippen LogP contribution in [0.15, 0.2) is 23.0 Å². The molecule has 1 N–H and O–H groups in total. The minimum atomic E-state index is -0.859. The highest BCUT2D eigenvalue weighted by molar-refractivity contribution is 7.15. The van der Waals surface area contributed by atoms with Gasteiger partial charge in [-0.3, -0.25) is 4.79 Å². The van der Waals surface area contributed by atoms with E-state index in [0.717, 1.165) is 15.4 Å². The van der Waals surface area contributed by atoms with Crippen molar-refractivity contribution in [3.8, 4) is 10.6 Å². The molecule has 0 aromatic carbocycles. The first-order valence-corrected chi connectivity index (χ1v) is 5.19. The summed E-state index contributed by atoms with van der Waals surface area (Å²) in [4.78, 5) is 15.8. The van der Waals surface area contributed by atoms with Crippen molar-refractivity contribution >= 4 is 17.3 Å². The molecule has 0 unspecified atom stereocenters. The van der Waals surface area contributed by atoms with E-state index in [0.29, 0.717) is 5.69 Å². The Labute approximate surface area is 90.2 Å². The highest BCUT2D eigenvalue weighted by Crippen LogP contribution is 2.27. The minimum absolute atomic E-state index is 0.0276. The van der Waals surface area contributed by atoms with Gasteiger partial charge in [-0.25, -0.2) is 4.98 Å². The second kappa shape index (κ2) is 3.86. The topological polar surface area (TPSA) is 63.3 Å². The van der Waals surface area contributed by atoms with Crippen LogP contribution < -0.4 is 0 Å². The normalized spacial score (nSPS) is 10.5. The summed E-state index contributed by atoms with van der Waals surface area (Å²) >= 11 is 1.48. The highest BCUT2D eigenvalue weighted by Gasteiger charge is 2.12. The zero-order valence-corrected chi connectivity index (χ0v) is 8.87. The van der Waals surface area contributed by atoms with Crippen molar-refractivity contribution in [2.45, 2.75) is 13.3 Å². The Bertz CT molecular complexity index is 473. The third kappa shape index (κ3) is 2.07. The summed E-state index contributed by atoms with van der Waals surface area (Å²) in [5.74, 6) is -0.859. The number of furan rings is 1. The van der Waals surface area contributed by atoms with Crippen LogP contribution in [0.1, 0.15) is 10.6 Å². The number of hydrogen-bond acceptors (Lipinski definition) is 4. The first-order chi connectivity index (χ1) is 7.16. The van der Waals surface area contributed by atoms with Gasteiger partial charge in [0, 0.05) is 10.4 Å². The summed E-state index contributed by atoms with van der Waals surface area (Å²) in [6.07, 6.45) is 3.14. The number of aliphatic carboxylic acids is 1. The van der Waals surface area contributed by atoms with E-state index in [1.54, 1.807) is 12.5 Å². The lowest BCUT2D eigenvalue weighted by Crippen LogP contribution is -2.01. The Morgan fingerprint density at radius 1 is 1.67 bits per heavy atom. The number of carboxylic acids is 1. The number of aryl methyl sites for hydroxylation is 1. The fourth-order valence-electron chi connectivity index (χ4n) is 1.24. The molecular formula is C10H9NO3S. The second-order valence-corrected chi connectivity index (χ2v) is 4.31. The van der Waals surface area contributed by atoms with Crippen LogP contribution in [-0.4, -0.2) is 16.1 Å². The van der Waals surface area contributed by atoms with E-state index in [9.17, 15) is 4.79 Å². The van der Waals surface area contributed by atoms with Crippen molar-refractivity contribution in [3.05, 3.63) is 29.2 Å². The monoisotopic (exact) mass is 223 g/mol. The number of thiazole rings is 1. The molecule has 0 atom stereocenters. The van der Waals surface area contributed by atoms with Crippen LogP contribution in [0.4, 0.5) is 0 Å². The number of carboxylic acid groups (broad SMARTS) is 1.